The van der Waals surface area contributed by atoms with Gasteiger partial charge >= 0.3 is 0 Å². The van der Waals surface area contributed by atoms with Crippen LogP contribution in [0.2, 0.25) is 5.02 Å². The number of anilines is 1. The number of hydrogen-bond acceptors (Lipinski definition) is 5. The van der Waals surface area contributed by atoms with Crippen molar-refractivity contribution in [3.05, 3.63) is 76.3 Å². The number of rotatable bonds is 9. The van der Waals surface area contributed by atoms with Gasteiger partial charge in [-0.15, -0.1) is 11.3 Å². The first-order valence-electron chi connectivity index (χ1n) is 9.44. The average Bonchev–Trinajstić information content (AvgIpc) is 3.19. The molecule has 0 saturated heterocycles. The summed E-state index contributed by atoms with van der Waals surface area (Å²) in [5.74, 6) is 0.495. The molecule has 0 saturated carbocycles. The zero-order chi connectivity index (χ0) is 21.3. The number of aromatic nitrogens is 1. The molecule has 2 amide bonds. The second-order valence-corrected chi connectivity index (χ2v) is 7.91. The summed E-state index contributed by atoms with van der Waals surface area (Å²) in [4.78, 5) is 30.6. The van der Waals surface area contributed by atoms with Gasteiger partial charge in [-0.05, 0) is 42.8 Å². The van der Waals surface area contributed by atoms with Gasteiger partial charge in [-0.2, -0.15) is 0 Å². The number of hydrogen-bond donors (Lipinski definition) is 1. The Balaban J connectivity index is 1.40. The molecule has 0 aliphatic heterocycles. The third kappa shape index (κ3) is 6.57. The van der Waals surface area contributed by atoms with E-state index in [9.17, 15) is 9.59 Å². The Hall–Kier alpha value is -2.90. The van der Waals surface area contributed by atoms with Gasteiger partial charge in [0.15, 0.2) is 5.13 Å². The highest BCUT2D eigenvalue weighted by atomic mass is 35.5. The van der Waals surface area contributed by atoms with E-state index < -0.39 is 0 Å². The lowest BCUT2D eigenvalue weighted by Gasteiger charge is -2.16. The Kier molecular flexibility index (Phi) is 7.82. The summed E-state index contributed by atoms with van der Waals surface area (Å²) in [5.41, 5.74) is 1.20. The Labute approximate surface area is 184 Å². The van der Waals surface area contributed by atoms with Gasteiger partial charge in [0.1, 0.15) is 5.75 Å². The minimum Gasteiger partial charge on any atom is -0.494 e. The van der Waals surface area contributed by atoms with E-state index in [1.807, 2.05) is 18.2 Å². The van der Waals surface area contributed by atoms with Gasteiger partial charge in [-0.25, -0.2) is 4.98 Å². The fourth-order valence-corrected chi connectivity index (χ4v) is 3.47. The fourth-order valence-electron chi connectivity index (χ4n) is 2.64. The topological polar surface area (TPSA) is 71.5 Å². The van der Waals surface area contributed by atoms with Gasteiger partial charge in [0.05, 0.1) is 18.7 Å². The quantitative estimate of drug-likeness (QED) is 0.493. The van der Waals surface area contributed by atoms with Crippen molar-refractivity contribution in [3.8, 4) is 5.75 Å². The van der Waals surface area contributed by atoms with Gasteiger partial charge in [-0.3, -0.25) is 14.9 Å². The number of carbonyl (C=O) groups is 2. The molecule has 0 radical (unpaired) electrons. The molecule has 0 spiro atoms. The van der Waals surface area contributed by atoms with Crippen molar-refractivity contribution in [2.75, 3.05) is 25.5 Å². The van der Waals surface area contributed by atoms with Crippen molar-refractivity contribution in [2.45, 2.75) is 12.8 Å². The summed E-state index contributed by atoms with van der Waals surface area (Å²) in [6.07, 6.45) is 0.895. The molecule has 0 fully saturated rings. The molecule has 1 aromatic heterocycles. The maximum Gasteiger partial charge on any atom is 0.257 e. The number of halogens is 1. The van der Waals surface area contributed by atoms with E-state index in [1.54, 1.807) is 53.7 Å². The molecule has 0 bridgehead atoms. The second kappa shape index (κ2) is 10.8. The molecule has 8 heteroatoms. The van der Waals surface area contributed by atoms with Crippen molar-refractivity contribution >= 4 is 39.9 Å². The smallest absolute Gasteiger partial charge is 0.257 e. The standard InChI is InChI=1S/C22H22ClN3O3S/c1-26(12-5-13-29-19-10-8-17(23)9-11-19)20(27)14-18-15-30-22(24-18)25-21(28)16-6-3-2-4-7-16/h2-4,6-11,15H,5,12-14H2,1H3,(H,24,25,28). The molecule has 1 N–H and O–H groups in total. The van der Waals surface area contributed by atoms with Crippen molar-refractivity contribution in [2.24, 2.45) is 0 Å². The van der Waals surface area contributed by atoms with E-state index in [4.69, 9.17) is 16.3 Å². The fraction of sp³-hybridized carbons (Fsp3) is 0.227. The lowest BCUT2D eigenvalue weighted by atomic mass is 10.2. The van der Waals surface area contributed by atoms with Crippen LogP contribution in [0.5, 0.6) is 5.75 Å². The normalized spacial score (nSPS) is 10.5. The zero-order valence-corrected chi connectivity index (χ0v) is 18.1. The molecular weight excluding hydrogens is 422 g/mol. The maximum atomic E-state index is 12.4. The van der Waals surface area contributed by atoms with Gasteiger partial charge in [0.2, 0.25) is 5.91 Å². The van der Waals surface area contributed by atoms with Crippen LogP contribution in [0.1, 0.15) is 22.5 Å². The first kappa shape index (κ1) is 21.8. The second-order valence-electron chi connectivity index (χ2n) is 6.61. The number of amides is 2. The summed E-state index contributed by atoms with van der Waals surface area (Å²) < 4.78 is 5.64. The molecule has 3 rings (SSSR count). The van der Waals surface area contributed by atoms with Crippen LogP contribution in [0.25, 0.3) is 0 Å². The lowest BCUT2D eigenvalue weighted by molar-refractivity contribution is -0.129. The predicted molar refractivity (Wildman–Crippen MR) is 119 cm³/mol. The van der Waals surface area contributed by atoms with Crippen LogP contribution in [0, 0.1) is 0 Å². The first-order chi connectivity index (χ1) is 14.5. The Morgan fingerprint density at radius 1 is 1.13 bits per heavy atom. The summed E-state index contributed by atoms with van der Waals surface area (Å²) in [6.45, 7) is 1.08. The van der Waals surface area contributed by atoms with E-state index in [0.29, 0.717) is 41.0 Å². The van der Waals surface area contributed by atoms with E-state index in [2.05, 4.69) is 10.3 Å². The minimum atomic E-state index is -0.222. The predicted octanol–water partition coefficient (Wildman–Crippen LogP) is 4.52. The lowest BCUT2D eigenvalue weighted by Crippen LogP contribution is -2.30. The largest absolute Gasteiger partial charge is 0.494 e. The SMILES string of the molecule is CN(CCCOc1ccc(Cl)cc1)C(=O)Cc1csc(NC(=O)c2ccccc2)n1. The molecule has 0 atom stereocenters. The van der Waals surface area contributed by atoms with Crippen molar-refractivity contribution in [1.82, 2.24) is 9.88 Å². The third-order valence-corrected chi connectivity index (χ3v) is 5.35. The van der Waals surface area contributed by atoms with Gasteiger partial charge in [0.25, 0.3) is 5.91 Å². The first-order valence-corrected chi connectivity index (χ1v) is 10.7. The van der Waals surface area contributed by atoms with Gasteiger partial charge in [-0.1, -0.05) is 29.8 Å². The van der Waals surface area contributed by atoms with Crippen LogP contribution < -0.4 is 10.1 Å². The molecule has 0 unspecified atom stereocenters. The van der Waals surface area contributed by atoms with Crippen molar-refractivity contribution in [3.63, 3.8) is 0 Å². The summed E-state index contributed by atoms with van der Waals surface area (Å²) >= 11 is 7.15. The van der Waals surface area contributed by atoms with E-state index >= 15 is 0 Å². The van der Waals surface area contributed by atoms with Gasteiger partial charge < -0.3 is 9.64 Å². The summed E-state index contributed by atoms with van der Waals surface area (Å²) in [5, 5.41) is 5.69. The molecule has 1 heterocycles. The molecule has 0 aliphatic carbocycles. The minimum absolute atomic E-state index is 0.0345. The molecule has 30 heavy (non-hydrogen) atoms. The Morgan fingerprint density at radius 2 is 1.87 bits per heavy atom. The Bertz CT molecular complexity index is 977. The highest BCUT2D eigenvalue weighted by Crippen LogP contribution is 2.18. The number of likely N-dealkylation sites (N-methyl/N-ethyl adjacent to an activating group) is 1. The number of carbonyl (C=O) groups excluding carboxylic acids is 2. The van der Waals surface area contributed by atoms with Crippen LogP contribution >= 0.6 is 22.9 Å². The number of nitrogens with zero attached hydrogens (tertiary/aromatic N) is 2. The molecule has 156 valence electrons. The third-order valence-electron chi connectivity index (χ3n) is 4.29. The van der Waals surface area contributed by atoms with Crippen LogP contribution in [0.4, 0.5) is 5.13 Å². The number of benzene rings is 2. The number of nitrogens with one attached hydrogen (secondary N) is 1. The van der Waals surface area contributed by atoms with Crippen molar-refractivity contribution in [1.29, 1.82) is 0 Å². The maximum absolute atomic E-state index is 12.4. The highest BCUT2D eigenvalue weighted by molar-refractivity contribution is 7.14. The molecule has 0 aliphatic rings. The van der Waals surface area contributed by atoms with Crippen LogP contribution in [0.15, 0.2) is 60.0 Å². The average molecular weight is 444 g/mol. The zero-order valence-electron chi connectivity index (χ0n) is 16.5. The van der Waals surface area contributed by atoms with E-state index in [1.165, 1.54) is 11.3 Å². The number of thiazole rings is 1. The monoisotopic (exact) mass is 443 g/mol. The molecule has 3 aromatic rings. The van der Waals surface area contributed by atoms with Crippen molar-refractivity contribution < 1.29 is 14.3 Å². The summed E-state index contributed by atoms with van der Waals surface area (Å²) in [7, 11) is 1.76. The molecular formula is C22H22ClN3O3S. The molecule has 6 nitrogen and oxygen atoms in total. The summed E-state index contributed by atoms with van der Waals surface area (Å²) in [6, 6.07) is 16.1. The molecule has 2 aromatic carbocycles. The van der Waals surface area contributed by atoms with E-state index in [-0.39, 0.29) is 18.2 Å². The van der Waals surface area contributed by atoms with Crippen LogP contribution in [-0.4, -0.2) is 41.9 Å². The van der Waals surface area contributed by atoms with Crippen LogP contribution in [-0.2, 0) is 11.2 Å². The van der Waals surface area contributed by atoms with E-state index in [0.717, 1.165) is 5.75 Å². The van der Waals surface area contributed by atoms with Crippen LogP contribution in [0.3, 0.4) is 0 Å². The number of ether oxygens (including phenoxy) is 1. The Morgan fingerprint density at radius 3 is 2.60 bits per heavy atom. The van der Waals surface area contributed by atoms with Gasteiger partial charge in [0, 0.05) is 29.6 Å². The highest BCUT2D eigenvalue weighted by Gasteiger charge is 2.14.